The number of alkyl carbamates (subject to hydrolysis) is 1. The number of benzene rings is 2. The molecule has 4 rings (SSSR count). The van der Waals surface area contributed by atoms with Crippen LogP contribution in [0.15, 0.2) is 53.0 Å². The van der Waals surface area contributed by atoms with Gasteiger partial charge in [0.2, 0.25) is 0 Å². The molecule has 166 valence electrons. The largest absolute Gasteiger partial charge is 0.480 e. The summed E-state index contributed by atoms with van der Waals surface area (Å²) >= 11 is 3.47. The van der Waals surface area contributed by atoms with Crippen molar-refractivity contribution in [1.29, 1.82) is 0 Å². The summed E-state index contributed by atoms with van der Waals surface area (Å²) in [5.41, 5.74) is 5.95. The van der Waals surface area contributed by atoms with Gasteiger partial charge in [0.1, 0.15) is 12.6 Å². The van der Waals surface area contributed by atoms with E-state index in [9.17, 15) is 14.7 Å². The standard InChI is InChI=1S/C24H24BrN3O4/c1-3-28-21(22(25)14(2)27-28)12-20(23(29)30)26-24(31)32-13-19-17-10-6-4-8-15(17)16-9-5-7-11-18(16)19/h4-11,19-20H,3,12-13H2,1-2H3,(H,26,31)(H,29,30). The molecule has 7 nitrogen and oxygen atoms in total. The highest BCUT2D eigenvalue weighted by Crippen LogP contribution is 2.44. The minimum atomic E-state index is -1.14. The summed E-state index contributed by atoms with van der Waals surface area (Å²) in [6.07, 6.45) is -0.663. The summed E-state index contributed by atoms with van der Waals surface area (Å²) in [5.74, 6) is -1.22. The average Bonchev–Trinajstić information content (AvgIpc) is 3.26. The molecule has 1 aliphatic carbocycles. The number of fused-ring (bicyclic) bond motifs is 3. The molecule has 8 heteroatoms. The highest BCUT2D eigenvalue weighted by Gasteiger charge is 2.30. The molecule has 0 fully saturated rings. The predicted octanol–water partition coefficient (Wildman–Crippen LogP) is 4.51. The predicted molar refractivity (Wildman–Crippen MR) is 124 cm³/mol. The Hall–Kier alpha value is -3.13. The van der Waals surface area contributed by atoms with Gasteiger partial charge in [-0.15, -0.1) is 0 Å². The fraction of sp³-hybridized carbons (Fsp3) is 0.292. The molecule has 0 spiro atoms. The first-order chi connectivity index (χ1) is 15.4. The zero-order valence-corrected chi connectivity index (χ0v) is 19.4. The van der Waals surface area contributed by atoms with Crippen LogP contribution in [0.2, 0.25) is 0 Å². The number of aryl methyl sites for hydroxylation is 2. The minimum absolute atomic E-state index is 0.0882. The number of amides is 1. The van der Waals surface area contributed by atoms with Crippen LogP contribution in [0.3, 0.4) is 0 Å². The van der Waals surface area contributed by atoms with Crippen LogP contribution in [0, 0.1) is 6.92 Å². The second-order valence-electron chi connectivity index (χ2n) is 7.73. The van der Waals surface area contributed by atoms with Gasteiger partial charge in [0.15, 0.2) is 0 Å². The van der Waals surface area contributed by atoms with E-state index in [4.69, 9.17) is 4.74 Å². The third kappa shape index (κ3) is 4.14. The Morgan fingerprint density at radius 1 is 1.16 bits per heavy atom. The first-order valence-electron chi connectivity index (χ1n) is 10.5. The fourth-order valence-corrected chi connectivity index (χ4v) is 4.69. The maximum Gasteiger partial charge on any atom is 0.407 e. The average molecular weight is 498 g/mol. The molecular formula is C24H24BrN3O4. The fourth-order valence-electron chi connectivity index (χ4n) is 4.24. The second-order valence-corrected chi connectivity index (χ2v) is 8.52. The highest BCUT2D eigenvalue weighted by molar-refractivity contribution is 9.10. The Kier molecular flexibility index (Phi) is 6.32. The molecule has 1 aromatic heterocycles. The SMILES string of the molecule is CCn1nc(C)c(Br)c1CC(NC(=O)OCC1c2ccccc2-c2ccccc21)C(=O)O. The lowest BCUT2D eigenvalue weighted by Crippen LogP contribution is -2.43. The van der Waals surface area contributed by atoms with E-state index in [-0.39, 0.29) is 18.9 Å². The van der Waals surface area contributed by atoms with Crippen molar-refractivity contribution >= 4 is 28.0 Å². The van der Waals surface area contributed by atoms with Crippen LogP contribution in [0.4, 0.5) is 4.79 Å². The number of hydrogen-bond acceptors (Lipinski definition) is 4. The van der Waals surface area contributed by atoms with Gasteiger partial charge >= 0.3 is 12.1 Å². The van der Waals surface area contributed by atoms with E-state index in [1.54, 1.807) is 4.68 Å². The van der Waals surface area contributed by atoms with Crippen molar-refractivity contribution in [2.24, 2.45) is 0 Å². The van der Waals surface area contributed by atoms with E-state index in [1.165, 1.54) is 0 Å². The van der Waals surface area contributed by atoms with Gasteiger partial charge in [-0.2, -0.15) is 5.10 Å². The Morgan fingerprint density at radius 3 is 2.31 bits per heavy atom. The number of carboxylic acid groups (broad SMARTS) is 1. The van der Waals surface area contributed by atoms with Gasteiger partial charge in [-0.1, -0.05) is 48.5 Å². The summed E-state index contributed by atoms with van der Waals surface area (Å²) in [5, 5.41) is 16.6. The smallest absolute Gasteiger partial charge is 0.407 e. The molecule has 0 radical (unpaired) electrons. The van der Waals surface area contributed by atoms with Crippen LogP contribution in [0.5, 0.6) is 0 Å². The van der Waals surface area contributed by atoms with Gasteiger partial charge in [0.25, 0.3) is 0 Å². The molecule has 1 aliphatic rings. The molecule has 3 aromatic rings. The zero-order valence-electron chi connectivity index (χ0n) is 17.8. The van der Waals surface area contributed by atoms with Crippen molar-refractivity contribution in [3.05, 3.63) is 75.5 Å². The van der Waals surface area contributed by atoms with E-state index >= 15 is 0 Å². The normalized spacial score (nSPS) is 13.3. The molecule has 32 heavy (non-hydrogen) atoms. The zero-order chi connectivity index (χ0) is 22.8. The van der Waals surface area contributed by atoms with E-state index in [1.807, 2.05) is 50.2 Å². The van der Waals surface area contributed by atoms with Gasteiger partial charge in [-0.25, -0.2) is 9.59 Å². The molecule has 0 aliphatic heterocycles. The Balaban J connectivity index is 1.46. The molecule has 0 bridgehead atoms. The number of carbonyl (C=O) groups is 2. The molecule has 0 saturated heterocycles. The minimum Gasteiger partial charge on any atom is -0.480 e. The number of nitrogens with one attached hydrogen (secondary N) is 1. The number of rotatable bonds is 7. The summed E-state index contributed by atoms with van der Waals surface area (Å²) in [4.78, 5) is 24.4. The maximum absolute atomic E-state index is 12.5. The van der Waals surface area contributed by atoms with Crippen LogP contribution >= 0.6 is 15.9 Å². The van der Waals surface area contributed by atoms with Crippen LogP contribution in [-0.2, 0) is 22.5 Å². The van der Waals surface area contributed by atoms with Gasteiger partial charge < -0.3 is 15.2 Å². The topological polar surface area (TPSA) is 93.5 Å². The van der Waals surface area contributed by atoms with Crippen molar-refractivity contribution < 1.29 is 19.4 Å². The first kappa shape index (κ1) is 22.1. The number of carboxylic acids is 1. The third-order valence-electron chi connectivity index (χ3n) is 5.78. The van der Waals surface area contributed by atoms with E-state index < -0.39 is 18.1 Å². The molecule has 1 heterocycles. The molecule has 2 N–H and O–H groups in total. The monoisotopic (exact) mass is 497 g/mol. The number of hydrogen-bond donors (Lipinski definition) is 2. The Labute approximate surface area is 194 Å². The van der Waals surface area contributed by atoms with Crippen molar-refractivity contribution in [2.45, 2.75) is 38.8 Å². The third-order valence-corrected chi connectivity index (χ3v) is 6.82. The van der Waals surface area contributed by atoms with Gasteiger partial charge in [0.05, 0.1) is 15.9 Å². The summed E-state index contributed by atoms with van der Waals surface area (Å²) < 4.78 is 7.98. The number of aliphatic carboxylic acids is 1. The molecule has 2 aromatic carbocycles. The van der Waals surface area contributed by atoms with Crippen molar-refractivity contribution in [1.82, 2.24) is 15.1 Å². The lowest BCUT2D eigenvalue weighted by molar-refractivity contribution is -0.139. The van der Waals surface area contributed by atoms with Crippen LogP contribution < -0.4 is 5.32 Å². The van der Waals surface area contributed by atoms with Crippen LogP contribution in [0.25, 0.3) is 11.1 Å². The lowest BCUT2D eigenvalue weighted by Gasteiger charge is -2.18. The number of ether oxygens (including phenoxy) is 1. The number of carbonyl (C=O) groups excluding carboxylic acids is 1. The van der Waals surface area contributed by atoms with Crippen molar-refractivity contribution in [3.63, 3.8) is 0 Å². The Bertz CT molecular complexity index is 1130. The van der Waals surface area contributed by atoms with Gasteiger partial charge in [-0.3, -0.25) is 4.68 Å². The van der Waals surface area contributed by atoms with Crippen molar-refractivity contribution in [3.8, 4) is 11.1 Å². The Morgan fingerprint density at radius 2 is 1.75 bits per heavy atom. The van der Waals surface area contributed by atoms with Crippen LogP contribution in [0.1, 0.15) is 35.4 Å². The first-order valence-corrected chi connectivity index (χ1v) is 11.3. The molecular weight excluding hydrogens is 474 g/mol. The van der Waals surface area contributed by atoms with E-state index in [0.29, 0.717) is 6.54 Å². The number of halogens is 1. The molecule has 1 amide bonds. The number of aromatic nitrogens is 2. The summed E-state index contributed by atoms with van der Waals surface area (Å²) in [7, 11) is 0. The van der Waals surface area contributed by atoms with E-state index in [2.05, 4.69) is 38.5 Å². The van der Waals surface area contributed by atoms with Gasteiger partial charge in [-0.05, 0) is 52.0 Å². The van der Waals surface area contributed by atoms with Gasteiger partial charge in [0, 0.05) is 18.9 Å². The summed E-state index contributed by atoms with van der Waals surface area (Å²) in [6.45, 7) is 4.49. The molecule has 0 saturated carbocycles. The number of nitrogens with zero attached hydrogens (tertiary/aromatic N) is 2. The van der Waals surface area contributed by atoms with Crippen LogP contribution in [-0.4, -0.2) is 39.6 Å². The maximum atomic E-state index is 12.5. The molecule has 1 unspecified atom stereocenters. The van der Waals surface area contributed by atoms with Crippen molar-refractivity contribution in [2.75, 3.05) is 6.61 Å². The lowest BCUT2D eigenvalue weighted by atomic mass is 9.98. The highest BCUT2D eigenvalue weighted by atomic mass is 79.9. The van der Waals surface area contributed by atoms with E-state index in [0.717, 1.165) is 38.1 Å². The quantitative estimate of drug-likeness (QED) is 0.500. The summed E-state index contributed by atoms with van der Waals surface area (Å²) in [6, 6.07) is 15.0. The second kappa shape index (κ2) is 9.16. The molecule has 1 atom stereocenters.